The first-order valence-electron chi connectivity index (χ1n) is 26.0. The highest BCUT2D eigenvalue weighted by molar-refractivity contribution is 7.47. The zero-order chi connectivity index (χ0) is 46.2. The van der Waals surface area contributed by atoms with Gasteiger partial charge in [-0.2, -0.15) is 0 Å². The maximum Gasteiger partial charge on any atom is 0.472 e. The third-order valence-electron chi connectivity index (χ3n) is 12.4. The molecule has 1 aliphatic rings. The Morgan fingerprint density at radius 1 is 0.492 bits per heavy atom. The smallest absolute Gasteiger partial charge is 0.457 e. The second-order valence-electron chi connectivity index (χ2n) is 18.4. The third-order valence-corrected chi connectivity index (χ3v) is 13.4. The van der Waals surface area contributed by atoms with E-state index in [4.69, 9.17) is 18.5 Å². The summed E-state index contributed by atoms with van der Waals surface area (Å²) in [6.07, 6.45) is 34.3. The molecule has 6 unspecified atom stereocenters. The van der Waals surface area contributed by atoms with E-state index < -0.39 is 63.1 Å². The number of rotatable bonds is 45. The van der Waals surface area contributed by atoms with Crippen LogP contribution in [0.3, 0.4) is 0 Å². The van der Waals surface area contributed by atoms with E-state index >= 15 is 0 Å². The molecule has 1 fully saturated rings. The summed E-state index contributed by atoms with van der Waals surface area (Å²) in [5, 5.41) is 50.2. The number of esters is 1. The minimum atomic E-state index is -5.01. The van der Waals surface area contributed by atoms with Crippen LogP contribution in [0.1, 0.15) is 239 Å². The monoisotopic (exact) mass is 921 g/mol. The van der Waals surface area contributed by atoms with Crippen LogP contribution in [0.2, 0.25) is 0 Å². The fourth-order valence-electron chi connectivity index (χ4n) is 8.23. The van der Waals surface area contributed by atoms with Gasteiger partial charge in [0.1, 0.15) is 42.7 Å². The Morgan fingerprint density at radius 2 is 0.841 bits per heavy atom. The SMILES string of the molecule is CCCCCCCCCC/C=C\CCCCCCCCCCCCCCOCC(COP(=O)(O)OC1C(O)C(O)C(O)C(O)C1O)OC(=O)CCCCCCCCCCCCCC. The zero-order valence-corrected chi connectivity index (χ0v) is 41.0. The molecule has 0 aromatic rings. The van der Waals surface area contributed by atoms with Gasteiger partial charge in [-0.05, 0) is 38.5 Å². The second-order valence-corrected chi connectivity index (χ2v) is 19.8. The standard InChI is InChI=1S/C50H97O12P/c1-3-5-7-9-11-13-15-17-18-19-20-21-22-23-24-25-26-27-28-30-32-34-36-38-40-59-41-43(61-44(51)39-37-35-33-31-29-16-14-12-10-8-6-4-2)42-60-63(57,58)62-50-48(55)46(53)45(52)47(54)49(50)56/h19-20,43,45-50,52-56H,3-18,21-42H2,1-2H3,(H,57,58)/b20-19-. The predicted octanol–water partition coefficient (Wildman–Crippen LogP) is 11.5. The minimum absolute atomic E-state index is 0.0709. The lowest BCUT2D eigenvalue weighted by atomic mass is 9.85. The lowest BCUT2D eigenvalue weighted by molar-refractivity contribution is -0.220. The molecule has 1 saturated carbocycles. The number of aliphatic hydroxyl groups excluding tert-OH is 5. The molecule has 12 nitrogen and oxygen atoms in total. The maximum atomic E-state index is 12.8. The highest BCUT2D eigenvalue weighted by atomic mass is 31.2. The molecular weight excluding hydrogens is 824 g/mol. The molecule has 0 spiro atoms. The van der Waals surface area contributed by atoms with Gasteiger partial charge in [0.2, 0.25) is 0 Å². The number of phosphoric acid groups is 1. The van der Waals surface area contributed by atoms with Crippen molar-refractivity contribution in [1.29, 1.82) is 0 Å². The molecule has 1 aliphatic carbocycles. The van der Waals surface area contributed by atoms with E-state index in [1.807, 2.05) is 0 Å². The first-order chi connectivity index (χ1) is 30.5. The normalized spacial score (nSPS) is 21.8. The van der Waals surface area contributed by atoms with Crippen molar-refractivity contribution in [2.24, 2.45) is 0 Å². The Balaban J connectivity index is 2.27. The van der Waals surface area contributed by atoms with Crippen LogP contribution in [-0.4, -0.2) is 98.9 Å². The molecule has 0 aromatic heterocycles. The molecular formula is C50H97O12P. The molecule has 0 bridgehead atoms. The molecule has 63 heavy (non-hydrogen) atoms. The van der Waals surface area contributed by atoms with Crippen molar-refractivity contribution >= 4 is 13.8 Å². The van der Waals surface area contributed by atoms with E-state index in [0.717, 1.165) is 38.5 Å². The van der Waals surface area contributed by atoms with Gasteiger partial charge in [0.15, 0.2) is 0 Å². The van der Waals surface area contributed by atoms with Gasteiger partial charge in [0, 0.05) is 13.0 Å². The fraction of sp³-hybridized carbons (Fsp3) is 0.940. The van der Waals surface area contributed by atoms with E-state index in [1.165, 1.54) is 173 Å². The van der Waals surface area contributed by atoms with Crippen molar-refractivity contribution in [3.63, 3.8) is 0 Å². The Labute approximate surface area is 384 Å². The van der Waals surface area contributed by atoms with Gasteiger partial charge in [0.05, 0.1) is 13.2 Å². The van der Waals surface area contributed by atoms with Gasteiger partial charge in [-0.1, -0.05) is 206 Å². The van der Waals surface area contributed by atoms with Crippen LogP contribution in [-0.2, 0) is 27.9 Å². The summed E-state index contributed by atoms with van der Waals surface area (Å²) in [5.74, 6) is -0.474. The van der Waals surface area contributed by atoms with E-state index in [1.54, 1.807) is 0 Å². The molecule has 0 saturated heterocycles. The summed E-state index contributed by atoms with van der Waals surface area (Å²) in [6, 6.07) is 0. The molecule has 1 rings (SSSR count). The largest absolute Gasteiger partial charge is 0.472 e. The average Bonchev–Trinajstić information content (AvgIpc) is 3.27. The number of carbonyl (C=O) groups excluding carboxylic acids is 1. The molecule has 374 valence electrons. The fourth-order valence-corrected chi connectivity index (χ4v) is 9.21. The van der Waals surface area contributed by atoms with Gasteiger partial charge in [-0.15, -0.1) is 0 Å². The zero-order valence-electron chi connectivity index (χ0n) is 40.1. The number of allylic oxidation sites excluding steroid dienone is 2. The number of carbonyl (C=O) groups is 1. The van der Waals surface area contributed by atoms with E-state index in [-0.39, 0.29) is 13.0 Å². The molecule has 6 N–H and O–H groups in total. The topological polar surface area (TPSA) is 192 Å². The van der Waals surface area contributed by atoms with Gasteiger partial charge in [-0.25, -0.2) is 4.57 Å². The van der Waals surface area contributed by atoms with Crippen LogP contribution in [0, 0.1) is 0 Å². The van der Waals surface area contributed by atoms with E-state index in [2.05, 4.69) is 26.0 Å². The highest BCUT2D eigenvalue weighted by Gasteiger charge is 2.51. The van der Waals surface area contributed by atoms with Crippen molar-refractivity contribution in [2.75, 3.05) is 19.8 Å². The van der Waals surface area contributed by atoms with Crippen LogP contribution >= 0.6 is 7.82 Å². The van der Waals surface area contributed by atoms with Crippen molar-refractivity contribution in [3.05, 3.63) is 12.2 Å². The number of ether oxygens (including phenoxy) is 2. The summed E-state index contributed by atoms with van der Waals surface area (Å²) in [5.41, 5.74) is 0. The first-order valence-corrected chi connectivity index (χ1v) is 27.5. The Morgan fingerprint density at radius 3 is 1.25 bits per heavy atom. The Kier molecular flexibility index (Phi) is 39.4. The van der Waals surface area contributed by atoms with Crippen molar-refractivity contribution in [3.8, 4) is 0 Å². The van der Waals surface area contributed by atoms with Gasteiger partial charge in [0.25, 0.3) is 0 Å². The summed E-state index contributed by atoms with van der Waals surface area (Å²) < 4.78 is 34.3. The molecule has 0 aromatic carbocycles. The average molecular weight is 921 g/mol. The molecule has 13 heteroatoms. The Bertz CT molecular complexity index is 1100. The van der Waals surface area contributed by atoms with E-state index in [0.29, 0.717) is 13.0 Å². The van der Waals surface area contributed by atoms with E-state index in [9.17, 15) is 39.8 Å². The maximum absolute atomic E-state index is 12.8. The van der Waals surface area contributed by atoms with Crippen LogP contribution < -0.4 is 0 Å². The number of hydrogen-bond acceptors (Lipinski definition) is 11. The number of hydrogen-bond donors (Lipinski definition) is 6. The summed E-state index contributed by atoms with van der Waals surface area (Å²) >= 11 is 0. The summed E-state index contributed by atoms with van der Waals surface area (Å²) in [6.45, 7) is 4.29. The quantitative estimate of drug-likeness (QED) is 0.0147. The lowest BCUT2D eigenvalue weighted by Gasteiger charge is -2.41. The van der Waals surface area contributed by atoms with Crippen LogP contribution in [0.15, 0.2) is 12.2 Å². The Hall–Kier alpha value is -0.920. The van der Waals surface area contributed by atoms with Crippen LogP contribution in [0.4, 0.5) is 0 Å². The van der Waals surface area contributed by atoms with Gasteiger partial charge in [-0.3, -0.25) is 13.8 Å². The predicted molar refractivity (Wildman–Crippen MR) is 253 cm³/mol. The summed E-state index contributed by atoms with van der Waals surface area (Å²) in [7, 11) is -5.01. The van der Waals surface area contributed by atoms with Gasteiger partial charge < -0.3 is 39.9 Å². The first kappa shape index (κ1) is 60.1. The number of aliphatic hydroxyl groups is 5. The van der Waals surface area contributed by atoms with Crippen LogP contribution in [0.25, 0.3) is 0 Å². The third kappa shape index (κ3) is 33.2. The second kappa shape index (κ2) is 41.3. The molecule has 0 amide bonds. The van der Waals surface area contributed by atoms with Crippen molar-refractivity contribution < 1.29 is 58.3 Å². The van der Waals surface area contributed by atoms with Crippen molar-refractivity contribution in [2.45, 2.75) is 281 Å². The molecule has 0 aliphatic heterocycles. The molecule has 0 heterocycles. The number of phosphoric ester groups is 1. The van der Waals surface area contributed by atoms with Crippen molar-refractivity contribution in [1.82, 2.24) is 0 Å². The number of unbranched alkanes of at least 4 members (excludes halogenated alkanes) is 31. The molecule has 0 radical (unpaired) electrons. The highest BCUT2D eigenvalue weighted by Crippen LogP contribution is 2.47. The lowest BCUT2D eigenvalue weighted by Crippen LogP contribution is -2.64. The van der Waals surface area contributed by atoms with Gasteiger partial charge >= 0.3 is 13.8 Å². The molecule has 6 atom stereocenters. The van der Waals surface area contributed by atoms with Crippen LogP contribution in [0.5, 0.6) is 0 Å². The minimum Gasteiger partial charge on any atom is -0.457 e. The summed E-state index contributed by atoms with van der Waals surface area (Å²) in [4.78, 5) is 23.2.